The van der Waals surface area contributed by atoms with E-state index in [0.29, 0.717) is 12.8 Å². The molecule has 2 aliphatic rings. The first-order valence-corrected chi connectivity index (χ1v) is 8.91. The van der Waals surface area contributed by atoms with Gasteiger partial charge in [0.2, 0.25) is 0 Å². The van der Waals surface area contributed by atoms with Crippen molar-refractivity contribution in [3.63, 3.8) is 0 Å². The van der Waals surface area contributed by atoms with E-state index in [4.69, 9.17) is 14.2 Å². The first-order chi connectivity index (χ1) is 11.8. The third kappa shape index (κ3) is 4.59. The summed E-state index contributed by atoms with van der Waals surface area (Å²) >= 11 is 0. The zero-order valence-corrected chi connectivity index (χ0v) is 16.6. The average Bonchev–Trinajstić information content (AvgIpc) is 2.99. The number of piperidine rings is 1. The van der Waals surface area contributed by atoms with Gasteiger partial charge in [0.25, 0.3) is 0 Å². The van der Waals surface area contributed by atoms with Gasteiger partial charge in [-0.3, -0.25) is 4.90 Å². The second kappa shape index (κ2) is 6.96. The van der Waals surface area contributed by atoms with Gasteiger partial charge in [-0.1, -0.05) is 0 Å². The van der Waals surface area contributed by atoms with E-state index in [-0.39, 0.29) is 18.0 Å². The smallest absolute Gasteiger partial charge is 0.411 e. The molecule has 1 saturated heterocycles. The van der Waals surface area contributed by atoms with Crippen LogP contribution in [0.25, 0.3) is 0 Å². The molecule has 4 atom stereocenters. The van der Waals surface area contributed by atoms with E-state index in [2.05, 4.69) is 5.32 Å². The summed E-state index contributed by atoms with van der Waals surface area (Å²) < 4.78 is 15.7. The van der Waals surface area contributed by atoms with Gasteiger partial charge in [-0.05, 0) is 60.3 Å². The van der Waals surface area contributed by atoms with E-state index in [1.807, 2.05) is 0 Å². The molecule has 0 aromatic heterocycles. The Labute approximate surface area is 154 Å². The maximum atomic E-state index is 12.7. The second-order valence-corrected chi connectivity index (χ2v) is 8.91. The highest BCUT2D eigenvalue weighted by Gasteiger charge is 2.57. The van der Waals surface area contributed by atoms with Crippen molar-refractivity contribution in [2.24, 2.45) is 5.92 Å². The predicted molar refractivity (Wildman–Crippen MR) is 93.5 cm³/mol. The first-order valence-electron chi connectivity index (χ1n) is 8.91. The van der Waals surface area contributed by atoms with Gasteiger partial charge in [-0.25, -0.2) is 14.4 Å². The lowest BCUT2D eigenvalue weighted by Crippen LogP contribution is -2.59. The standard InChI is InChI=1S/C18H30N2O6/c1-17(2,3)25-15(22)19-11-8-10-9-12(11)20(13(10)14(21)24-7)16(23)26-18(4,5)6/h10-13H,8-9H2,1-7H3,(H,19,22)/t10-,11-,12-,13+/m1/s1. The van der Waals surface area contributed by atoms with Crippen LogP contribution in [0.15, 0.2) is 0 Å². The number of carbonyl (C=O) groups is 3. The van der Waals surface area contributed by atoms with Crippen molar-refractivity contribution in [1.29, 1.82) is 0 Å². The molecule has 8 heteroatoms. The van der Waals surface area contributed by atoms with E-state index in [1.165, 1.54) is 12.0 Å². The van der Waals surface area contributed by atoms with Gasteiger partial charge in [-0.15, -0.1) is 0 Å². The van der Waals surface area contributed by atoms with Crippen molar-refractivity contribution >= 4 is 18.2 Å². The van der Waals surface area contributed by atoms with Crippen molar-refractivity contribution in [2.45, 2.75) is 83.7 Å². The maximum absolute atomic E-state index is 12.7. The first kappa shape index (κ1) is 20.3. The molecule has 0 spiro atoms. The molecule has 1 saturated carbocycles. The molecule has 148 valence electrons. The molecule has 2 amide bonds. The number of amides is 2. The molecule has 0 aromatic rings. The quantitative estimate of drug-likeness (QED) is 0.593. The van der Waals surface area contributed by atoms with Crippen LogP contribution < -0.4 is 5.32 Å². The van der Waals surface area contributed by atoms with E-state index in [9.17, 15) is 14.4 Å². The summed E-state index contributed by atoms with van der Waals surface area (Å²) in [5.41, 5.74) is -1.30. The van der Waals surface area contributed by atoms with Crippen LogP contribution in [-0.2, 0) is 19.0 Å². The highest BCUT2D eigenvalue weighted by molar-refractivity contribution is 5.83. The highest BCUT2D eigenvalue weighted by Crippen LogP contribution is 2.43. The normalized spacial score (nSPS) is 27.9. The lowest BCUT2D eigenvalue weighted by molar-refractivity contribution is -0.148. The number of likely N-dealkylation sites (tertiary alicyclic amines) is 1. The Morgan fingerprint density at radius 3 is 2.04 bits per heavy atom. The minimum atomic E-state index is -0.687. The Hall–Kier alpha value is -1.99. The largest absolute Gasteiger partial charge is 0.467 e. The third-order valence-electron chi connectivity index (χ3n) is 4.42. The van der Waals surface area contributed by atoms with Crippen LogP contribution in [0.1, 0.15) is 54.4 Å². The highest BCUT2D eigenvalue weighted by atomic mass is 16.6. The lowest BCUT2D eigenvalue weighted by atomic mass is 9.97. The fourth-order valence-corrected chi connectivity index (χ4v) is 3.66. The van der Waals surface area contributed by atoms with Gasteiger partial charge in [0, 0.05) is 0 Å². The summed E-state index contributed by atoms with van der Waals surface area (Å²) in [7, 11) is 1.30. The number of esters is 1. The van der Waals surface area contributed by atoms with E-state index in [1.54, 1.807) is 41.5 Å². The summed E-state index contributed by atoms with van der Waals surface area (Å²) in [5, 5.41) is 2.83. The molecular weight excluding hydrogens is 340 g/mol. The molecule has 26 heavy (non-hydrogen) atoms. The molecule has 2 fully saturated rings. The number of rotatable bonds is 2. The molecule has 2 rings (SSSR count). The third-order valence-corrected chi connectivity index (χ3v) is 4.42. The van der Waals surface area contributed by atoms with E-state index >= 15 is 0 Å². The Bertz CT molecular complexity index is 575. The number of carbonyl (C=O) groups excluding carboxylic acids is 3. The minimum absolute atomic E-state index is 0.0834. The zero-order chi connectivity index (χ0) is 19.9. The van der Waals surface area contributed by atoms with Crippen molar-refractivity contribution in [3.8, 4) is 0 Å². The summed E-state index contributed by atoms with van der Waals surface area (Å²) in [6.07, 6.45) is 0.0903. The van der Waals surface area contributed by atoms with Crippen molar-refractivity contribution in [2.75, 3.05) is 7.11 Å². The average molecular weight is 370 g/mol. The van der Waals surface area contributed by atoms with Gasteiger partial charge in [-0.2, -0.15) is 0 Å². The summed E-state index contributed by atoms with van der Waals surface area (Å²) in [4.78, 5) is 38.4. The number of nitrogens with one attached hydrogen (secondary N) is 1. The Morgan fingerprint density at radius 2 is 1.54 bits per heavy atom. The van der Waals surface area contributed by atoms with Crippen molar-refractivity contribution in [1.82, 2.24) is 10.2 Å². The molecule has 1 N–H and O–H groups in total. The predicted octanol–water partition coefficient (Wildman–Crippen LogP) is 2.45. The maximum Gasteiger partial charge on any atom is 0.411 e. The van der Waals surface area contributed by atoms with Crippen LogP contribution in [0.2, 0.25) is 0 Å². The number of hydrogen-bond acceptors (Lipinski definition) is 6. The van der Waals surface area contributed by atoms with Gasteiger partial charge in [0.15, 0.2) is 0 Å². The fraction of sp³-hybridized carbons (Fsp3) is 0.833. The van der Waals surface area contributed by atoms with Crippen LogP contribution >= 0.6 is 0 Å². The van der Waals surface area contributed by atoms with Gasteiger partial charge in [0.05, 0.1) is 19.2 Å². The van der Waals surface area contributed by atoms with Crippen LogP contribution in [0.3, 0.4) is 0 Å². The van der Waals surface area contributed by atoms with E-state index < -0.39 is 35.4 Å². The molecule has 1 heterocycles. The summed E-state index contributed by atoms with van der Waals surface area (Å²) in [6, 6.07) is -1.30. The monoisotopic (exact) mass is 370 g/mol. The van der Waals surface area contributed by atoms with Crippen LogP contribution in [0.4, 0.5) is 9.59 Å². The number of alkyl carbamates (subject to hydrolysis) is 1. The molecular formula is C18H30N2O6. The topological polar surface area (TPSA) is 94.2 Å². The lowest BCUT2D eigenvalue weighted by Gasteiger charge is -2.38. The number of ether oxygens (including phenoxy) is 3. The molecule has 0 unspecified atom stereocenters. The minimum Gasteiger partial charge on any atom is -0.467 e. The number of hydrogen-bond donors (Lipinski definition) is 1. The van der Waals surface area contributed by atoms with Crippen LogP contribution in [0.5, 0.6) is 0 Å². The Morgan fingerprint density at radius 1 is 0.962 bits per heavy atom. The summed E-state index contributed by atoms with van der Waals surface area (Å²) in [5.74, 6) is -0.543. The Kier molecular flexibility index (Phi) is 5.44. The summed E-state index contributed by atoms with van der Waals surface area (Å²) in [6.45, 7) is 10.7. The van der Waals surface area contributed by atoms with Crippen LogP contribution in [0, 0.1) is 5.92 Å². The van der Waals surface area contributed by atoms with Gasteiger partial charge >= 0.3 is 18.2 Å². The fourth-order valence-electron chi connectivity index (χ4n) is 3.66. The van der Waals surface area contributed by atoms with Gasteiger partial charge < -0.3 is 19.5 Å². The molecule has 1 aliphatic heterocycles. The zero-order valence-electron chi connectivity index (χ0n) is 16.6. The Balaban J connectivity index is 2.15. The SMILES string of the molecule is COC(=O)[C@@H]1[C@H]2C[C@H]([C@H](NC(=O)OC(C)(C)C)C2)N1C(=O)OC(C)(C)C. The molecule has 0 radical (unpaired) electrons. The van der Waals surface area contributed by atoms with Crippen molar-refractivity contribution in [3.05, 3.63) is 0 Å². The molecule has 0 aromatic carbocycles. The number of fused-ring (bicyclic) bond motifs is 2. The molecule has 8 nitrogen and oxygen atoms in total. The molecule has 1 aliphatic carbocycles. The van der Waals surface area contributed by atoms with Gasteiger partial charge in [0.1, 0.15) is 17.2 Å². The number of methoxy groups -OCH3 is 1. The van der Waals surface area contributed by atoms with Crippen molar-refractivity contribution < 1.29 is 28.6 Å². The van der Waals surface area contributed by atoms with Crippen LogP contribution in [-0.4, -0.2) is 59.5 Å². The van der Waals surface area contributed by atoms with E-state index in [0.717, 1.165) is 0 Å². The molecule has 2 bridgehead atoms. The second-order valence-electron chi connectivity index (χ2n) is 8.91. The number of nitrogens with zero attached hydrogens (tertiary/aromatic N) is 1.